The van der Waals surface area contributed by atoms with E-state index in [1.165, 1.54) is 22.3 Å². The van der Waals surface area contributed by atoms with Crippen molar-refractivity contribution in [1.82, 2.24) is 4.90 Å². The van der Waals surface area contributed by atoms with Gasteiger partial charge in [-0.3, -0.25) is 0 Å². The molecule has 6 atom stereocenters. The smallest absolute Gasteiger partial charge is 0.165 e. The molecule has 40 heavy (non-hydrogen) atoms. The highest BCUT2D eigenvalue weighted by Gasteiger charge is 2.82. The van der Waals surface area contributed by atoms with E-state index in [9.17, 15) is 0 Å². The van der Waals surface area contributed by atoms with Crippen molar-refractivity contribution < 1.29 is 18.9 Å². The zero-order valence-corrected chi connectivity index (χ0v) is 24.0. The zero-order valence-electron chi connectivity index (χ0n) is 24.0. The Kier molecular flexibility index (Phi) is 5.19. The lowest BCUT2D eigenvalue weighted by atomic mass is 9.33. The molecule has 0 amide bonds. The normalized spacial score (nSPS) is 35.2. The van der Waals surface area contributed by atoms with Gasteiger partial charge in [0.25, 0.3) is 0 Å². The molecule has 4 aliphatic carbocycles. The Morgan fingerprint density at radius 3 is 2.20 bits per heavy atom. The Hall–Kier alpha value is -2.86. The first-order chi connectivity index (χ1) is 19.5. The van der Waals surface area contributed by atoms with E-state index in [-0.39, 0.29) is 22.9 Å². The van der Waals surface area contributed by atoms with Crippen LogP contribution in [0.25, 0.3) is 0 Å². The average molecular weight is 538 g/mol. The number of likely N-dealkylation sites (N-methyl/N-ethyl adjacent to an activating group) is 1. The molecular weight excluding hydrogens is 498 g/mol. The number of fused-ring (bicyclic) bond motifs is 2. The standard InChI is InChI=1S/C35H39NO4/c1-36-20-19-33-29-23-15-16-26(37-2)30(29)40-31(33)34(38-3)18-17-32(33,28(36)21-23)22-27(34)35(39-4,24-11-7-5-8-12-24)25-13-9-6-10-14-25/h5-16,27-28,31H,17-22H2,1-4H3/t27-,28+,31+,32?,33-,34+/m0/s1. The molecule has 0 N–H and O–H groups in total. The Morgan fingerprint density at radius 1 is 0.875 bits per heavy atom. The van der Waals surface area contributed by atoms with Crippen LogP contribution < -0.4 is 9.47 Å². The summed E-state index contributed by atoms with van der Waals surface area (Å²) in [5.41, 5.74) is 3.92. The van der Waals surface area contributed by atoms with E-state index in [1.807, 2.05) is 14.2 Å². The Bertz CT molecular complexity index is 1420. The molecule has 1 saturated heterocycles. The molecule has 4 fully saturated rings. The number of nitrogens with zero attached hydrogens (tertiary/aromatic N) is 1. The van der Waals surface area contributed by atoms with E-state index < -0.39 is 11.2 Å². The summed E-state index contributed by atoms with van der Waals surface area (Å²) < 4.78 is 27.0. The van der Waals surface area contributed by atoms with Gasteiger partial charge < -0.3 is 23.8 Å². The van der Waals surface area contributed by atoms with E-state index >= 15 is 0 Å². The molecule has 3 aromatic carbocycles. The second-order valence-electron chi connectivity index (χ2n) is 12.8. The first-order valence-corrected chi connectivity index (χ1v) is 14.8. The Labute approximate surface area is 237 Å². The van der Waals surface area contributed by atoms with E-state index in [0.29, 0.717) is 6.04 Å². The second-order valence-corrected chi connectivity index (χ2v) is 12.8. The van der Waals surface area contributed by atoms with Gasteiger partial charge in [0.1, 0.15) is 17.3 Å². The number of benzene rings is 3. The summed E-state index contributed by atoms with van der Waals surface area (Å²) in [4.78, 5) is 2.65. The van der Waals surface area contributed by atoms with E-state index in [4.69, 9.17) is 18.9 Å². The second kappa shape index (κ2) is 8.34. The van der Waals surface area contributed by atoms with E-state index in [2.05, 4.69) is 84.7 Å². The summed E-state index contributed by atoms with van der Waals surface area (Å²) in [5.74, 6) is 1.85. The van der Waals surface area contributed by atoms with Crippen molar-refractivity contribution in [2.75, 3.05) is 34.9 Å². The quantitative estimate of drug-likeness (QED) is 0.402. The summed E-state index contributed by atoms with van der Waals surface area (Å²) in [7, 11) is 7.91. The van der Waals surface area contributed by atoms with Crippen LogP contribution in [0.2, 0.25) is 0 Å². The molecule has 2 heterocycles. The van der Waals surface area contributed by atoms with Crippen molar-refractivity contribution in [3.63, 3.8) is 0 Å². The third-order valence-corrected chi connectivity index (χ3v) is 12.0. The number of hydrogen-bond acceptors (Lipinski definition) is 5. The van der Waals surface area contributed by atoms with Crippen LogP contribution in [0.5, 0.6) is 11.5 Å². The van der Waals surface area contributed by atoms with Gasteiger partial charge in [0.2, 0.25) is 0 Å². The number of piperidine rings is 1. The van der Waals surface area contributed by atoms with Gasteiger partial charge in [-0.1, -0.05) is 66.7 Å². The van der Waals surface area contributed by atoms with Gasteiger partial charge in [-0.05, 0) is 68.5 Å². The van der Waals surface area contributed by atoms with Gasteiger partial charge >= 0.3 is 0 Å². The number of methoxy groups -OCH3 is 3. The lowest BCUT2D eigenvalue weighted by molar-refractivity contribution is -0.302. The van der Waals surface area contributed by atoms with Crippen molar-refractivity contribution in [2.24, 2.45) is 11.3 Å². The average Bonchev–Trinajstić information content (AvgIpc) is 3.38. The molecule has 0 radical (unpaired) electrons. The van der Waals surface area contributed by atoms with Gasteiger partial charge in [0, 0.05) is 42.6 Å². The van der Waals surface area contributed by atoms with Crippen molar-refractivity contribution in [3.05, 3.63) is 95.1 Å². The van der Waals surface area contributed by atoms with Crippen LogP contribution >= 0.6 is 0 Å². The maximum absolute atomic E-state index is 7.28. The highest BCUT2D eigenvalue weighted by Crippen LogP contribution is 2.78. The van der Waals surface area contributed by atoms with Gasteiger partial charge in [-0.15, -0.1) is 0 Å². The maximum Gasteiger partial charge on any atom is 0.165 e. The molecule has 0 aromatic heterocycles. The van der Waals surface area contributed by atoms with Gasteiger partial charge in [0.15, 0.2) is 11.5 Å². The molecule has 3 saturated carbocycles. The molecule has 6 aliphatic rings. The van der Waals surface area contributed by atoms with Crippen LogP contribution in [0.1, 0.15) is 47.9 Å². The van der Waals surface area contributed by atoms with Crippen LogP contribution in [0.3, 0.4) is 0 Å². The first-order valence-electron chi connectivity index (χ1n) is 14.8. The molecule has 208 valence electrons. The SMILES string of the molecule is COc1ccc2c3c1O[C@H]1[C@@]4(OC)CCC5(C[C@@H]4C(OC)(c4ccccc4)c4ccccc4)[C@@H](C2)N(C)CC[C@]315. The van der Waals surface area contributed by atoms with Crippen LogP contribution in [0, 0.1) is 11.3 Å². The summed E-state index contributed by atoms with van der Waals surface area (Å²) in [6.07, 6.45) is 5.10. The monoisotopic (exact) mass is 537 g/mol. The van der Waals surface area contributed by atoms with Crippen molar-refractivity contribution in [2.45, 2.75) is 60.9 Å². The fraction of sp³-hybridized carbons (Fsp3) is 0.486. The molecule has 5 heteroatoms. The van der Waals surface area contributed by atoms with E-state index in [1.54, 1.807) is 7.11 Å². The minimum Gasteiger partial charge on any atom is -0.493 e. The first kappa shape index (κ1) is 24.9. The number of hydrogen-bond donors (Lipinski definition) is 0. The fourth-order valence-corrected chi connectivity index (χ4v) is 10.6. The van der Waals surface area contributed by atoms with Crippen LogP contribution in [-0.2, 0) is 26.9 Å². The lowest BCUT2D eigenvalue weighted by Crippen LogP contribution is -2.82. The summed E-state index contributed by atoms with van der Waals surface area (Å²) >= 11 is 0. The highest BCUT2D eigenvalue weighted by atomic mass is 16.6. The van der Waals surface area contributed by atoms with Crippen LogP contribution in [-0.4, -0.2) is 57.6 Å². The maximum atomic E-state index is 7.28. The minimum absolute atomic E-state index is 0.0440. The molecule has 5 nitrogen and oxygen atoms in total. The molecule has 9 rings (SSSR count). The third-order valence-electron chi connectivity index (χ3n) is 12.0. The lowest BCUT2D eigenvalue weighted by Gasteiger charge is -2.75. The van der Waals surface area contributed by atoms with Crippen molar-refractivity contribution in [1.29, 1.82) is 0 Å². The molecule has 2 spiro atoms. The molecule has 1 unspecified atom stereocenters. The Balaban J connectivity index is 1.43. The Morgan fingerprint density at radius 2 is 1.57 bits per heavy atom. The van der Waals surface area contributed by atoms with Crippen LogP contribution in [0.15, 0.2) is 72.8 Å². The van der Waals surface area contributed by atoms with E-state index in [0.717, 1.165) is 50.1 Å². The summed E-state index contributed by atoms with van der Waals surface area (Å²) in [6, 6.07) is 26.5. The molecule has 2 aliphatic heterocycles. The summed E-state index contributed by atoms with van der Waals surface area (Å²) in [6.45, 7) is 1.07. The van der Waals surface area contributed by atoms with Crippen molar-refractivity contribution in [3.8, 4) is 11.5 Å². The molecular formula is C35H39NO4. The van der Waals surface area contributed by atoms with Crippen molar-refractivity contribution >= 4 is 0 Å². The predicted molar refractivity (Wildman–Crippen MR) is 154 cm³/mol. The van der Waals surface area contributed by atoms with Gasteiger partial charge in [0.05, 0.1) is 7.11 Å². The summed E-state index contributed by atoms with van der Waals surface area (Å²) in [5, 5.41) is 0. The number of likely N-dealkylation sites (tertiary alicyclic amines) is 1. The molecule has 4 bridgehead atoms. The van der Waals surface area contributed by atoms with Gasteiger partial charge in [-0.25, -0.2) is 0 Å². The highest BCUT2D eigenvalue weighted by molar-refractivity contribution is 5.64. The fourth-order valence-electron chi connectivity index (χ4n) is 10.6. The minimum atomic E-state index is -0.692. The van der Waals surface area contributed by atoms with Crippen LogP contribution in [0.4, 0.5) is 0 Å². The van der Waals surface area contributed by atoms with Gasteiger partial charge in [-0.2, -0.15) is 0 Å². The predicted octanol–water partition coefficient (Wildman–Crippen LogP) is 5.73. The largest absolute Gasteiger partial charge is 0.493 e. The number of rotatable bonds is 6. The molecule has 3 aromatic rings. The zero-order chi connectivity index (χ0) is 27.3. The topological polar surface area (TPSA) is 40.2 Å². The number of ether oxygens (including phenoxy) is 4. The third kappa shape index (κ3) is 2.62.